The monoisotopic (exact) mass is 243 g/mol. The van der Waals surface area contributed by atoms with Crippen LogP contribution in [0.4, 0.5) is 0 Å². The number of benzene rings is 1. The highest BCUT2D eigenvalue weighted by atomic mass is 16.2. The third-order valence-corrected chi connectivity index (χ3v) is 3.14. The number of imide groups is 1. The van der Waals surface area contributed by atoms with Gasteiger partial charge in [0, 0.05) is 6.54 Å². The quantitative estimate of drug-likeness (QED) is 0.589. The summed E-state index contributed by atoms with van der Waals surface area (Å²) in [5, 5.41) is 0. The second-order valence-electron chi connectivity index (χ2n) is 4.60. The SMILES string of the molecule is C=C(CCCC)CN1C(=O)c2ccccc2C1=O. The van der Waals surface area contributed by atoms with E-state index in [0.29, 0.717) is 17.7 Å². The largest absolute Gasteiger partial charge is 0.270 e. The number of fused-ring (bicyclic) bond motifs is 1. The molecule has 0 radical (unpaired) electrons. The zero-order chi connectivity index (χ0) is 13.1. The van der Waals surface area contributed by atoms with Gasteiger partial charge in [-0.1, -0.05) is 37.6 Å². The molecule has 1 heterocycles. The number of carbonyl (C=O) groups is 2. The first-order valence-corrected chi connectivity index (χ1v) is 6.27. The fraction of sp³-hybridized carbons (Fsp3) is 0.333. The van der Waals surface area contributed by atoms with Crippen LogP contribution in [-0.2, 0) is 0 Å². The summed E-state index contributed by atoms with van der Waals surface area (Å²) in [6, 6.07) is 6.95. The number of amides is 2. The van der Waals surface area contributed by atoms with E-state index >= 15 is 0 Å². The van der Waals surface area contributed by atoms with E-state index in [0.717, 1.165) is 24.8 Å². The first kappa shape index (κ1) is 12.6. The molecular weight excluding hydrogens is 226 g/mol. The molecule has 94 valence electrons. The van der Waals surface area contributed by atoms with Crippen LogP contribution in [0.1, 0.15) is 46.9 Å². The van der Waals surface area contributed by atoms with Gasteiger partial charge in [0.1, 0.15) is 0 Å². The van der Waals surface area contributed by atoms with Crippen molar-refractivity contribution in [3.05, 3.63) is 47.5 Å². The van der Waals surface area contributed by atoms with Crippen molar-refractivity contribution in [3.8, 4) is 0 Å². The smallest absolute Gasteiger partial charge is 0.261 e. The number of rotatable bonds is 5. The summed E-state index contributed by atoms with van der Waals surface area (Å²) in [5.74, 6) is -0.401. The molecule has 1 aromatic rings. The highest BCUT2D eigenvalue weighted by Crippen LogP contribution is 2.23. The van der Waals surface area contributed by atoms with Crippen LogP contribution >= 0.6 is 0 Å². The normalized spacial score (nSPS) is 13.9. The maximum absolute atomic E-state index is 12.1. The Morgan fingerprint density at radius 3 is 2.22 bits per heavy atom. The number of unbranched alkanes of at least 4 members (excludes halogenated alkanes) is 1. The maximum atomic E-state index is 12.1. The zero-order valence-corrected chi connectivity index (χ0v) is 10.6. The Morgan fingerprint density at radius 1 is 1.17 bits per heavy atom. The third kappa shape index (κ3) is 2.21. The molecule has 2 amide bonds. The van der Waals surface area contributed by atoms with E-state index in [-0.39, 0.29) is 11.8 Å². The van der Waals surface area contributed by atoms with E-state index in [1.165, 1.54) is 4.90 Å². The summed E-state index contributed by atoms with van der Waals surface area (Å²) in [7, 11) is 0. The second kappa shape index (κ2) is 5.17. The van der Waals surface area contributed by atoms with E-state index in [1.807, 2.05) is 0 Å². The molecule has 0 spiro atoms. The minimum atomic E-state index is -0.201. The van der Waals surface area contributed by atoms with Crippen molar-refractivity contribution in [2.45, 2.75) is 26.2 Å². The molecule has 0 saturated carbocycles. The fourth-order valence-corrected chi connectivity index (χ4v) is 2.11. The van der Waals surface area contributed by atoms with Crippen LogP contribution in [0.5, 0.6) is 0 Å². The van der Waals surface area contributed by atoms with E-state index in [1.54, 1.807) is 24.3 Å². The number of hydrogen-bond acceptors (Lipinski definition) is 2. The van der Waals surface area contributed by atoms with Gasteiger partial charge in [-0.2, -0.15) is 0 Å². The molecular formula is C15H17NO2. The van der Waals surface area contributed by atoms with Crippen molar-refractivity contribution in [1.82, 2.24) is 4.90 Å². The van der Waals surface area contributed by atoms with Crippen molar-refractivity contribution in [3.63, 3.8) is 0 Å². The van der Waals surface area contributed by atoms with Crippen LogP contribution < -0.4 is 0 Å². The highest BCUT2D eigenvalue weighted by Gasteiger charge is 2.34. The van der Waals surface area contributed by atoms with Gasteiger partial charge in [0.05, 0.1) is 11.1 Å². The summed E-state index contributed by atoms with van der Waals surface area (Å²) in [5.41, 5.74) is 1.95. The molecule has 1 aliphatic rings. The summed E-state index contributed by atoms with van der Waals surface area (Å²) in [4.78, 5) is 25.5. The van der Waals surface area contributed by atoms with Gasteiger partial charge in [0.2, 0.25) is 0 Å². The van der Waals surface area contributed by atoms with Crippen LogP contribution in [0.2, 0.25) is 0 Å². The molecule has 3 heteroatoms. The Balaban J connectivity index is 2.11. The average Bonchev–Trinajstić information content (AvgIpc) is 2.62. The lowest BCUT2D eigenvalue weighted by atomic mass is 10.1. The second-order valence-corrected chi connectivity index (χ2v) is 4.60. The van der Waals surface area contributed by atoms with E-state index in [2.05, 4.69) is 13.5 Å². The van der Waals surface area contributed by atoms with Gasteiger partial charge >= 0.3 is 0 Å². The fourth-order valence-electron chi connectivity index (χ4n) is 2.11. The molecule has 0 unspecified atom stereocenters. The lowest BCUT2D eigenvalue weighted by Gasteiger charge is -2.15. The Bertz CT molecular complexity index is 470. The van der Waals surface area contributed by atoms with Crippen LogP contribution in [0, 0.1) is 0 Å². The topological polar surface area (TPSA) is 37.4 Å². The van der Waals surface area contributed by atoms with Crippen molar-refractivity contribution in [1.29, 1.82) is 0 Å². The molecule has 0 saturated heterocycles. The van der Waals surface area contributed by atoms with Crippen LogP contribution in [0.25, 0.3) is 0 Å². The maximum Gasteiger partial charge on any atom is 0.261 e. The Morgan fingerprint density at radius 2 is 1.72 bits per heavy atom. The highest BCUT2D eigenvalue weighted by molar-refractivity contribution is 6.21. The number of hydrogen-bond donors (Lipinski definition) is 0. The van der Waals surface area contributed by atoms with Crippen LogP contribution in [0.3, 0.4) is 0 Å². The molecule has 3 nitrogen and oxygen atoms in total. The molecule has 0 N–H and O–H groups in total. The molecule has 18 heavy (non-hydrogen) atoms. The number of carbonyl (C=O) groups excluding carboxylic acids is 2. The van der Waals surface area contributed by atoms with Crippen molar-refractivity contribution in [2.75, 3.05) is 6.54 Å². The molecule has 1 aromatic carbocycles. The van der Waals surface area contributed by atoms with E-state index in [9.17, 15) is 9.59 Å². The average molecular weight is 243 g/mol. The molecule has 0 bridgehead atoms. The Labute approximate surface area is 107 Å². The minimum Gasteiger partial charge on any atom is -0.270 e. The van der Waals surface area contributed by atoms with Crippen LogP contribution in [0.15, 0.2) is 36.4 Å². The standard InChI is InChI=1S/C15H17NO2/c1-3-4-7-11(2)10-16-14(17)12-8-5-6-9-13(12)15(16)18/h5-6,8-9H,2-4,7,10H2,1H3. The summed E-state index contributed by atoms with van der Waals surface area (Å²) < 4.78 is 0. The van der Waals surface area contributed by atoms with Gasteiger partial charge < -0.3 is 0 Å². The Kier molecular flexibility index (Phi) is 3.60. The first-order chi connectivity index (χ1) is 8.65. The zero-order valence-electron chi connectivity index (χ0n) is 10.6. The molecule has 2 rings (SSSR count). The van der Waals surface area contributed by atoms with E-state index < -0.39 is 0 Å². The molecule has 0 aliphatic carbocycles. The lowest BCUT2D eigenvalue weighted by Crippen LogP contribution is -2.31. The summed E-state index contributed by atoms with van der Waals surface area (Å²) in [6.07, 6.45) is 2.99. The van der Waals surface area contributed by atoms with Gasteiger partial charge in [-0.15, -0.1) is 0 Å². The van der Waals surface area contributed by atoms with Gasteiger partial charge in [-0.3, -0.25) is 14.5 Å². The predicted octanol–water partition coefficient (Wildman–Crippen LogP) is 3.03. The van der Waals surface area contributed by atoms with Gasteiger partial charge in [0.25, 0.3) is 11.8 Å². The minimum absolute atomic E-state index is 0.201. The molecule has 0 atom stereocenters. The summed E-state index contributed by atoms with van der Waals surface area (Å²) in [6.45, 7) is 6.39. The molecule has 0 aromatic heterocycles. The van der Waals surface area contributed by atoms with Crippen LogP contribution in [-0.4, -0.2) is 23.3 Å². The predicted molar refractivity (Wildman–Crippen MR) is 70.5 cm³/mol. The first-order valence-electron chi connectivity index (χ1n) is 6.27. The van der Waals surface area contributed by atoms with E-state index in [4.69, 9.17) is 0 Å². The van der Waals surface area contributed by atoms with Crippen molar-refractivity contribution >= 4 is 11.8 Å². The van der Waals surface area contributed by atoms with Crippen molar-refractivity contribution in [2.24, 2.45) is 0 Å². The van der Waals surface area contributed by atoms with Crippen molar-refractivity contribution < 1.29 is 9.59 Å². The van der Waals surface area contributed by atoms with Gasteiger partial charge in [-0.25, -0.2) is 0 Å². The number of nitrogens with zero attached hydrogens (tertiary/aromatic N) is 1. The molecule has 1 aliphatic heterocycles. The lowest BCUT2D eigenvalue weighted by molar-refractivity contribution is 0.0667. The summed E-state index contributed by atoms with van der Waals surface area (Å²) >= 11 is 0. The van der Waals surface area contributed by atoms with Gasteiger partial charge in [-0.05, 0) is 25.0 Å². The Hall–Kier alpha value is -1.90. The third-order valence-electron chi connectivity index (χ3n) is 3.14. The molecule has 0 fully saturated rings. The van der Waals surface area contributed by atoms with Gasteiger partial charge in [0.15, 0.2) is 0 Å².